The van der Waals surface area contributed by atoms with Crippen molar-refractivity contribution in [2.45, 2.75) is 55.1 Å². The van der Waals surface area contributed by atoms with E-state index in [4.69, 9.17) is 4.55 Å². The minimum Gasteiger partial charge on any atom is -0.372 e. The summed E-state index contributed by atoms with van der Waals surface area (Å²) in [6, 6.07) is 6.86. The first-order valence-electron chi connectivity index (χ1n) is 10.3. The molecule has 38 heavy (non-hydrogen) atoms. The Bertz CT molecular complexity index is 1070. The van der Waals surface area contributed by atoms with E-state index in [0.29, 0.717) is 6.42 Å². The summed E-state index contributed by atoms with van der Waals surface area (Å²) < 4.78 is 198. The average Bonchev–Trinajstić information content (AvgIpc) is 2.77. The first kappa shape index (κ1) is 32.4. The fraction of sp³-hybridized carbons (Fsp3) is 0.684. The molecule has 2 rings (SSSR count). The molecule has 0 spiro atoms. The second kappa shape index (κ2) is 11.0. The van der Waals surface area contributed by atoms with Crippen molar-refractivity contribution in [2.75, 3.05) is 26.3 Å². The van der Waals surface area contributed by atoms with Gasteiger partial charge >= 0.3 is 46.4 Å². The lowest BCUT2D eigenvalue weighted by Crippen LogP contribution is -2.69. The van der Waals surface area contributed by atoms with Crippen LogP contribution in [0.25, 0.3) is 0 Å². The van der Waals surface area contributed by atoms with Gasteiger partial charge in [-0.05, 0) is 17.5 Å². The minimum absolute atomic E-state index is 0.134. The molecule has 1 unspecified atom stereocenters. The SMILES string of the molecule is O=S(=O)(O)OC(COCC(F)(F)C(F)(F)C(F)(F)C(F)(F)C(F)(F)C(F)F)CN1CCc2ccccc2C1. The van der Waals surface area contributed by atoms with Gasteiger partial charge in [0, 0.05) is 19.6 Å². The highest BCUT2D eigenvalue weighted by Gasteiger charge is 2.87. The Balaban J connectivity index is 2.15. The molecule has 0 aliphatic carbocycles. The van der Waals surface area contributed by atoms with Crippen molar-refractivity contribution in [3.05, 3.63) is 35.4 Å². The molecular formula is C19H19F12NO5S. The van der Waals surface area contributed by atoms with Gasteiger partial charge in [-0.2, -0.15) is 52.3 Å². The highest BCUT2D eigenvalue weighted by atomic mass is 32.3. The van der Waals surface area contributed by atoms with Crippen LogP contribution < -0.4 is 0 Å². The van der Waals surface area contributed by atoms with Gasteiger partial charge in [0.1, 0.15) is 12.7 Å². The van der Waals surface area contributed by atoms with Crippen LogP contribution in [0.2, 0.25) is 0 Å². The van der Waals surface area contributed by atoms with E-state index in [1.165, 1.54) is 4.90 Å². The van der Waals surface area contributed by atoms with Crippen LogP contribution in [0.1, 0.15) is 11.1 Å². The van der Waals surface area contributed by atoms with Crippen molar-refractivity contribution in [1.82, 2.24) is 4.90 Å². The van der Waals surface area contributed by atoms with E-state index >= 15 is 0 Å². The van der Waals surface area contributed by atoms with E-state index in [-0.39, 0.29) is 13.1 Å². The van der Waals surface area contributed by atoms with Crippen LogP contribution in [-0.4, -0.2) is 86.3 Å². The number of halogens is 12. The Labute approximate surface area is 207 Å². The van der Waals surface area contributed by atoms with Gasteiger partial charge in [-0.15, -0.1) is 0 Å². The van der Waals surface area contributed by atoms with E-state index in [1.54, 1.807) is 24.3 Å². The van der Waals surface area contributed by atoms with Crippen molar-refractivity contribution in [2.24, 2.45) is 0 Å². The van der Waals surface area contributed by atoms with Gasteiger partial charge in [-0.1, -0.05) is 24.3 Å². The number of alkyl halides is 12. The summed E-state index contributed by atoms with van der Waals surface area (Å²) in [6.07, 6.45) is -7.14. The zero-order valence-corrected chi connectivity index (χ0v) is 19.5. The summed E-state index contributed by atoms with van der Waals surface area (Å²) >= 11 is 0. The number of benzene rings is 1. The zero-order chi connectivity index (χ0) is 29.4. The van der Waals surface area contributed by atoms with Crippen molar-refractivity contribution < 1.29 is 74.6 Å². The molecule has 0 aromatic heterocycles. The molecule has 0 bridgehead atoms. The van der Waals surface area contributed by atoms with Crippen molar-refractivity contribution in [3.8, 4) is 0 Å². The summed E-state index contributed by atoms with van der Waals surface area (Å²) in [5.41, 5.74) is 1.66. The van der Waals surface area contributed by atoms with Gasteiger partial charge < -0.3 is 4.74 Å². The lowest BCUT2D eigenvalue weighted by molar-refractivity contribution is -0.415. The average molecular weight is 601 g/mol. The van der Waals surface area contributed by atoms with Gasteiger partial charge in [0.15, 0.2) is 0 Å². The molecule has 0 saturated carbocycles. The lowest BCUT2D eigenvalue weighted by Gasteiger charge is -2.39. The van der Waals surface area contributed by atoms with E-state index < -0.39 is 72.3 Å². The summed E-state index contributed by atoms with van der Waals surface area (Å²) in [7, 11) is -5.31. The third-order valence-electron chi connectivity index (χ3n) is 5.46. The molecule has 0 amide bonds. The summed E-state index contributed by atoms with van der Waals surface area (Å²) in [5, 5.41) is 0. The molecular weight excluding hydrogens is 582 g/mol. The number of hydrogen-bond acceptors (Lipinski definition) is 5. The third kappa shape index (κ3) is 6.48. The van der Waals surface area contributed by atoms with Crippen LogP contribution in [0.5, 0.6) is 0 Å². The molecule has 19 heteroatoms. The molecule has 1 atom stereocenters. The molecule has 0 saturated heterocycles. The van der Waals surface area contributed by atoms with E-state index in [1.807, 2.05) is 0 Å². The topological polar surface area (TPSA) is 76.1 Å². The predicted molar refractivity (Wildman–Crippen MR) is 103 cm³/mol. The van der Waals surface area contributed by atoms with Gasteiger partial charge in [0.2, 0.25) is 0 Å². The van der Waals surface area contributed by atoms with Gasteiger partial charge in [0.05, 0.1) is 6.61 Å². The molecule has 1 aliphatic heterocycles. The van der Waals surface area contributed by atoms with Crippen molar-refractivity contribution >= 4 is 10.4 Å². The number of ether oxygens (including phenoxy) is 1. The highest BCUT2D eigenvalue weighted by molar-refractivity contribution is 7.80. The Morgan fingerprint density at radius 2 is 1.45 bits per heavy atom. The molecule has 1 N–H and O–H groups in total. The fourth-order valence-electron chi connectivity index (χ4n) is 3.46. The van der Waals surface area contributed by atoms with Crippen molar-refractivity contribution in [3.63, 3.8) is 0 Å². The molecule has 1 aliphatic rings. The summed E-state index contributed by atoms with van der Waals surface area (Å²) in [5.74, 6) is -36.2. The largest absolute Gasteiger partial charge is 0.397 e. The standard InChI is InChI=1S/C19H19F12NO5S/c20-14(21)16(24,25)18(28,29)19(30,31)17(26,27)15(22,23)10-36-9-13(37-38(33,34)35)8-32-6-5-11-3-1-2-4-12(11)7-32/h1-4,13-14H,5-10H2,(H,33,34,35). The zero-order valence-electron chi connectivity index (χ0n) is 18.7. The maximum absolute atomic E-state index is 13.9. The first-order chi connectivity index (χ1) is 17.1. The third-order valence-corrected chi connectivity index (χ3v) is 5.97. The molecule has 0 radical (unpaired) electrons. The second-order valence-electron chi connectivity index (χ2n) is 8.27. The molecule has 0 fully saturated rings. The highest BCUT2D eigenvalue weighted by Crippen LogP contribution is 2.58. The molecule has 6 nitrogen and oxygen atoms in total. The Hall–Kier alpha value is -1.83. The van der Waals surface area contributed by atoms with Gasteiger partial charge in [-0.25, -0.2) is 13.0 Å². The van der Waals surface area contributed by atoms with Crippen LogP contribution in [0.3, 0.4) is 0 Å². The normalized spacial score (nSPS) is 17.5. The van der Waals surface area contributed by atoms with Crippen LogP contribution in [0.4, 0.5) is 52.7 Å². The van der Waals surface area contributed by atoms with Crippen LogP contribution >= 0.6 is 0 Å². The van der Waals surface area contributed by atoms with Crippen molar-refractivity contribution in [1.29, 1.82) is 0 Å². The Kier molecular flexibility index (Phi) is 9.35. The van der Waals surface area contributed by atoms with E-state index in [9.17, 15) is 61.1 Å². The molecule has 1 aromatic rings. The smallest absolute Gasteiger partial charge is 0.372 e. The summed E-state index contributed by atoms with van der Waals surface area (Å²) in [6.45, 7) is -4.49. The van der Waals surface area contributed by atoms with Crippen LogP contribution in [0, 0.1) is 0 Å². The number of hydrogen-bond donors (Lipinski definition) is 1. The fourth-order valence-corrected chi connectivity index (χ4v) is 3.92. The van der Waals surface area contributed by atoms with E-state index in [0.717, 1.165) is 11.1 Å². The number of fused-ring (bicyclic) bond motifs is 1. The predicted octanol–water partition coefficient (Wildman–Crippen LogP) is 4.69. The van der Waals surface area contributed by atoms with E-state index in [2.05, 4.69) is 8.92 Å². The molecule has 220 valence electrons. The van der Waals surface area contributed by atoms with Gasteiger partial charge in [-0.3, -0.25) is 9.45 Å². The Morgan fingerprint density at radius 1 is 0.895 bits per heavy atom. The number of nitrogens with zero attached hydrogens (tertiary/aromatic N) is 1. The second-order valence-corrected chi connectivity index (χ2v) is 9.31. The first-order valence-corrected chi connectivity index (χ1v) is 11.6. The monoisotopic (exact) mass is 601 g/mol. The maximum atomic E-state index is 13.9. The molecule has 1 aromatic carbocycles. The summed E-state index contributed by atoms with van der Waals surface area (Å²) in [4.78, 5) is 1.45. The quantitative estimate of drug-likeness (QED) is 0.261. The van der Waals surface area contributed by atoms with Crippen LogP contribution in [0.15, 0.2) is 24.3 Å². The van der Waals surface area contributed by atoms with Crippen LogP contribution in [-0.2, 0) is 32.3 Å². The van der Waals surface area contributed by atoms with Gasteiger partial charge in [0.25, 0.3) is 0 Å². The molecule has 1 heterocycles. The number of rotatable bonds is 13. The Morgan fingerprint density at radius 3 is 1.97 bits per heavy atom. The lowest BCUT2D eigenvalue weighted by atomic mass is 9.94. The minimum atomic E-state index is -7.71. The maximum Gasteiger partial charge on any atom is 0.397 e.